The van der Waals surface area contributed by atoms with Gasteiger partial charge in [-0.05, 0) is 18.3 Å². The minimum absolute atomic E-state index is 0.209. The highest BCUT2D eigenvalue weighted by molar-refractivity contribution is 7.71. The van der Waals surface area contributed by atoms with Crippen LogP contribution < -0.4 is 4.74 Å². The van der Waals surface area contributed by atoms with Gasteiger partial charge in [0, 0.05) is 18.0 Å². The molecular weight excluding hydrogens is 238 g/mol. The molecule has 78 valence electrons. The lowest BCUT2D eigenvalue weighted by Crippen LogP contribution is -2.01. The number of carbonyl (C=O) groups excluding carboxylic acids is 1. The third-order valence-electron chi connectivity index (χ3n) is 1.70. The number of benzene rings is 1. The number of halogens is 1. The minimum atomic E-state index is -0.444. The smallest absolute Gasteiger partial charge is 0.308 e. The number of esters is 1. The lowest BCUT2D eigenvalue weighted by atomic mass is 10.3. The van der Waals surface area contributed by atoms with Gasteiger partial charge in [0.05, 0.1) is 5.52 Å². The molecule has 0 radical (unpaired) electrons. The Kier molecular flexibility index (Phi) is 2.50. The molecule has 2 rings (SSSR count). The molecule has 6 heteroatoms. The molecule has 0 aliphatic carbocycles. The number of hydrogen-bond acceptors (Lipinski definition) is 4. The number of aromatic amines is 1. The molecule has 2 aromatic rings. The molecule has 0 saturated heterocycles. The normalized spacial score (nSPS) is 10.5. The minimum Gasteiger partial charge on any atom is -0.425 e. The van der Waals surface area contributed by atoms with E-state index < -0.39 is 5.97 Å². The Bertz CT molecular complexity index is 587. The Morgan fingerprint density at radius 2 is 2.33 bits per heavy atom. The SMILES string of the molecule is CC(=O)Oc1cc(Cl)cc2[nH]c(=S)oc12. The van der Waals surface area contributed by atoms with Crippen LogP contribution in [0.5, 0.6) is 5.75 Å². The van der Waals surface area contributed by atoms with Crippen LogP contribution in [0.2, 0.25) is 5.02 Å². The van der Waals surface area contributed by atoms with Gasteiger partial charge in [-0.2, -0.15) is 0 Å². The quantitative estimate of drug-likeness (QED) is 0.475. The van der Waals surface area contributed by atoms with Gasteiger partial charge in [0.25, 0.3) is 4.84 Å². The van der Waals surface area contributed by atoms with Crippen molar-refractivity contribution in [2.45, 2.75) is 6.92 Å². The van der Waals surface area contributed by atoms with Crippen molar-refractivity contribution in [3.05, 3.63) is 22.0 Å². The van der Waals surface area contributed by atoms with Gasteiger partial charge in [0.2, 0.25) is 0 Å². The fraction of sp³-hybridized carbons (Fsp3) is 0.111. The number of aromatic nitrogens is 1. The highest BCUT2D eigenvalue weighted by Crippen LogP contribution is 2.29. The first-order chi connectivity index (χ1) is 7.06. The zero-order valence-corrected chi connectivity index (χ0v) is 9.24. The summed E-state index contributed by atoms with van der Waals surface area (Å²) in [6.45, 7) is 1.30. The van der Waals surface area contributed by atoms with E-state index in [1.54, 1.807) is 6.07 Å². The fourth-order valence-corrected chi connectivity index (χ4v) is 1.63. The van der Waals surface area contributed by atoms with E-state index in [2.05, 4.69) is 4.98 Å². The second-order valence-electron chi connectivity index (χ2n) is 2.89. The van der Waals surface area contributed by atoms with E-state index in [1.807, 2.05) is 0 Å². The summed E-state index contributed by atoms with van der Waals surface area (Å²) in [6, 6.07) is 3.14. The molecule has 1 N–H and O–H groups in total. The van der Waals surface area contributed by atoms with Gasteiger partial charge in [-0.1, -0.05) is 11.6 Å². The van der Waals surface area contributed by atoms with E-state index in [1.165, 1.54) is 13.0 Å². The molecule has 1 aromatic carbocycles. The van der Waals surface area contributed by atoms with Gasteiger partial charge in [-0.3, -0.25) is 4.79 Å². The number of nitrogens with one attached hydrogen (secondary N) is 1. The molecule has 0 unspecified atom stereocenters. The monoisotopic (exact) mass is 243 g/mol. The first kappa shape index (κ1) is 10.2. The molecule has 1 heterocycles. The summed E-state index contributed by atoms with van der Waals surface area (Å²) in [5.74, 6) is -0.182. The summed E-state index contributed by atoms with van der Waals surface area (Å²) < 4.78 is 10.1. The largest absolute Gasteiger partial charge is 0.425 e. The van der Waals surface area contributed by atoms with Crippen LogP contribution in [-0.2, 0) is 4.79 Å². The van der Waals surface area contributed by atoms with E-state index in [0.29, 0.717) is 16.1 Å². The molecule has 0 aliphatic rings. The molecular formula is C9H6ClNO3S. The van der Waals surface area contributed by atoms with E-state index >= 15 is 0 Å². The van der Waals surface area contributed by atoms with Gasteiger partial charge in [-0.25, -0.2) is 0 Å². The molecule has 15 heavy (non-hydrogen) atoms. The van der Waals surface area contributed by atoms with Crippen LogP contribution in [0.15, 0.2) is 16.5 Å². The molecule has 0 fully saturated rings. The first-order valence-electron chi connectivity index (χ1n) is 4.07. The zero-order chi connectivity index (χ0) is 11.0. The highest BCUT2D eigenvalue weighted by Gasteiger charge is 2.10. The molecule has 0 amide bonds. The topological polar surface area (TPSA) is 55.2 Å². The fourth-order valence-electron chi connectivity index (χ4n) is 1.23. The summed E-state index contributed by atoms with van der Waals surface area (Å²) in [5, 5.41) is 0.436. The van der Waals surface area contributed by atoms with Crippen molar-refractivity contribution in [3.63, 3.8) is 0 Å². The van der Waals surface area contributed by atoms with Crippen molar-refractivity contribution < 1.29 is 13.9 Å². The summed E-state index contributed by atoms with van der Waals surface area (Å²) in [5.41, 5.74) is 0.989. The standard InChI is InChI=1S/C9H6ClNO3S/c1-4(12)13-7-3-5(10)2-6-8(7)14-9(15)11-6/h2-3H,1H3,(H,11,15). The summed E-state index contributed by atoms with van der Waals surface area (Å²) >= 11 is 10.7. The lowest BCUT2D eigenvalue weighted by Gasteiger charge is -2.01. The maximum absolute atomic E-state index is 10.8. The van der Waals surface area contributed by atoms with Crippen LogP contribution in [0.3, 0.4) is 0 Å². The molecule has 0 atom stereocenters. The number of ether oxygens (including phenoxy) is 1. The third-order valence-corrected chi connectivity index (χ3v) is 2.11. The summed E-state index contributed by atoms with van der Waals surface area (Å²) in [4.78, 5) is 13.8. The Morgan fingerprint density at radius 3 is 3.00 bits per heavy atom. The second-order valence-corrected chi connectivity index (χ2v) is 3.70. The average Bonchev–Trinajstić information content (AvgIpc) is 2.44. The predicted octanol–water partition coefficient (Wildman–Crippen LogP) is 3.07. The number of fused-ring (bicyclic) bond motifs is 1. The number of oxazole rings is 1. The molecule has 4 nitrogen and oxygen atoms in total. The average molecular weight is 244 g/mol. The Hall–Kier alpha value is -1.33. The first-order valence-corrected chi connectivity index (χ1v) is 4.85. The maximum atomic E-state index is 10.8. The van der Waals surface area contributed by atoms with E-state index in [9.17, 15) is 4.79 Å². The molecule has 0 bridgehead atoms. The third kappa shape index (κ3) is 2.03. The zero-order valence-electron chi connectivity index (χ0n) is 7.67. The molecule has 0 spiro atoms. The van der Waals surface area contributed by atoms with E-state index in [0.717, 1.165) is 0 Å². The summed E-state index contributed by atoms with van der Waals surface area (Å²) in [6.07, 6.45) is 0. The van der Waals surface area contributed by atoms with Crippen molar-refractivity contribution in [1.82, 2.24) is 4.98 Å². The van der Waals surface area contributed by atoms with Crippen molar-refractivity contribution >= 4 is 40.9 Å². The van der Waals surface area contributed by atoms with Gasteiger partial charge >= 0.3 is 5.97 Å². The highest BCUT2D eigenvalue weighted by atomic mass is 35.5. The van der Waals surface area contributed by atoms with Gasteiger partial charge in [-0.15, -0.1) is 0 Å². The number of rotatable bonds is 1. The van der Waals surface area contributed by atoms with Gasteiger partial charge < -0.3 is 14.1 Å². The lowest BCUT2D eigenvalue weighted by molar-refractivity contribution is -0.131. The van der Waals surface area contributed by atoms with E-state index in [-0.39, 0.29) is 10.6 Å². The molecule has 1 aromatic heterocycles. The molecule has 0 aliphatic heterocycles. The van der Waals surface area contributed by atoms with Crippen LogP contribution in [-0.4, -0.2) is 11.0 Å². The Morgan fingerprint density at radius 1 is 1.60 bits per heavy atom. The van der Waals surface area contributed by atoms with Crippen molar-refractivity contribution in [3.8, 4) is 5.75 Å². The molecule has 0 saturated carbocycles. The Labute approximate surface area is 94.8 Å². The Balaban J connectivity index is 2.70. The number of hydrogen-bond donors (Lipinski definition) is 1. The maximum Gasteiger partial charge on any atom is 0.308 e. The van der Waals surface area contributed by atoms with E-state index in [4.69, 9.17) is 33.0 Å². The van der Waals surface area contributed by atoms with Gasteiger partial charge in [0.1, 0.15) is 0 Å². The second kappa shape index (κ2) is 3.67. The number of carbonyl (C=O) groups is 1. The van der Waals surface area contributed by atoms with Gasteiger partial charge in [0.15, 0.2) is 11.3 Å². The predicted molar refractivity (Wildman–Crippen MR) is 57.7 cm³/mol. The van der Waals surface area contributed by atoms with Crippen molar-refractivity contribution in [1.29, 1.82) is 0 Å². The van der Waals surface area contributed by atoms with Crippen LogP contribution >= 0.6 is 23.8 Å². The van der Waals surface area contributed by atoms with Crippen LogP contribution in [0.1, 0.15) is 6.92 Å². The van der Waals surface area contributed by atoms with Crippen molar-refractivity contribution in [2.24, 2.45) is 0 Å². The van der Waals surface area contributed by atoms with Crippen LogP contribution in [0.25, 0.3) is 11.1 Å². The van der Waals surface area contributed by atoms with Crippen LogP contribution in [0.4, 0.5) is 0 Å². The number of H-pyrrole nitrogens is 1. The van der Waals surface area contributed by atoms with Crippen LogP contribution in [0, 0.1) is 4.84 Å². The van der Waals surface area contributed by atoms with Crippen molar-refractivity contribution in [2.75, 3.05) is 0 Å². The summed E-state index contributed by atoms with van der Waals surface area (Å²) in [7, 11) is 0.